The molecule has 92 valence electrons. The molecule has 0 aliphatic rings. The van der Waals surface area contributed by atoms with Crippen molar-refractivity contribution in [1.82, 2.24) is 4.98 Å². The van der Waals surface area contributed by atoms with Gasteiger partial charge in [0.05, 0.1) is 0 Å². The molecule has 0 amide bonds. The topological polar surface area (TPSA) is 76.2 Å². The largest absolute Gasteiger partial charge is 0.476 e. The lowest BCUT2D eigenvalue weighted by Crippen LogP contribution is -2.05. The monoisotopic (exact) mass is 260 g/mol. The highest BCUT2D eigenvalue weighted by atomic mass is 32.2. The summed E-state index contributed by atoms with van der Waals surface area (Å²) in [5, 5.41) is 9.15. The summed E-state index contributed by atoms with van der Waals surface area (Å²) in [5.41, 5.74) is 6.90. The zero-order chi connectivity index (χ0) is 13.1. The third-order valence-corrected chi connectivity index (χ3v) is 3.23. The van der Waals surface area contributed by atoms with Crippen molar-refractivity contribution >= 4 is 23.5 Å². The van der Waals surface area contributed by atoms with Crippen LogP contribution in [0.5, 0.6) is 0 Å². The van der Waals surface area contributed by atoms with Gasteiger partial charge in [-0.15, -0.1) is 11.8 Å². The number of hydrogen-bond donors (Lipinski definition) is 2. The number of carboxylic acids is 1. The Morgan fingerprint density at radius 2 is 2.11 bits per heavy atom. The first-order valence-corrected chi connectivity index (χ1v) is 6.48. The molecular formula is C13H12N2O2S. The summed E-state index contributed by atoms with van der Waals surface area (Å²) in [6, 6.07) is 10.9. The van der Waals surface area contributed by atoms with Crippen LogP contribution in [0.3, 0.4) is 0 Å². The summed E-state index contributed by atoms with van der Waals surface area (Å²) in [6.45, 7) is 0. The van der Waals surface area contributed by atoms with Gasteiger partial charge in [-0.2, -0.15) is 0 Å². The first-order chi connectivity index (χ1) is 8.61. The van der Waals surface area contributed by atoms with Crippen LogP contribution in [0.15, 0.2) is 41.3 Å². The molecule has 1 aromatic carbocycles. The molecule has 5 heteroatoms. The minimum absolute atomic E-state index is 0.0201. The predicted molar refractivity (Wildman–Crippen MR) is 72.8 cm³/mol. The van der Waals surface area contributed by atoms with Crippen LogP contribution >= 0.6 is 11.8 Å². The summed E-state index contributed by atoms with van der Waals surface area (Å²) in [4.78, 5) is 16.1. The van der Waals surface area contributed by atoms with Gasteiger partial charge in [-0.1, -0.05) is 12.1 Å². The quantitative estimate of drug-likeness (QED) is 0.830. The molecule has 2 rings (SSSR count). The molecule has 0 saturated carbocycles. The maximum absolute atomic E-state index is 11.2. The van der Waals surface area contributed by atoms with Gasteiger partial charge in [-0.05, 0) is 36.1 Å². The number of nitrogens with zero attached hydrogens (tertiary/aromatic N) is 1. The fraction of sp³-hybridized carbons (Fsp3) is 0.0769. The number of rotatable bonds is 3. The normalized spacial score (nSPS) is 10.3. The van der Waals surface area contributed by atoms with Crippen molar-refractivity contribution in [2.75, 3.05) is 12.0 Å². The number of nitrogen functional groups attached to an aromatic ring is 1. The SMILES string of the molecule is CSc1cccc(-c2ccc(N)nc2C(=O)O)c1. The molecule has 3 N–H and O–H groups in total. The van der Waals surface area contributed by atoms with Crippen LogP contribution in [0.2, 0.25) is 0 Å². The number of hydrogen-bond acceptors (Lipinski definition) is 4. The molecule has 0 aliphatic carbocycles. The Bertz CT molecular complexity index is 599. The zero-order valence-electron chi connectivity index (χ0n) is 9.75. The van der Waals surface area contributed by atoms with Crippen LogP contribution < -0.4 is 5.73 Å². The number of pyridine rings is 1. The van der Waals surface area contributed by atoms with Gasteiger partial charge in [-0.3, -0.25) is 0 Å². The van der Waals surface area contributed by atoms with E-state index in [-0.39, 0.29) is 11.5 Å². The highest BCUT2D eigenvalue weighted by Crippen LogP contribution is 2.27. The zero-order valence-corrected chi connectivity index (χ0v) is 10.6. The maximum Gasteiger partial charge on any atom is 0.355 e. The highest BCUT2D eigenvalue weighted by molar-refractivity contribution is 7.98. The minimum Gasteiger partial charge on any atom is -0.476 e. The molecule has 2 aromatic rings. The van der Waals surface area contributed by atoms with E-state index in [1.54, 1.807) is 23.9 Å². The van der Waals surface area contributed by atoms with Gasteiger partial charge in [0, 0.05) is 10.5 Å². The molecule has 18 heavy (non-hydrogen) atoms. The second-order valence-corrected chi connectivity index (χ2v) is 4.55. The molecule has 0 aliphatic heterocycles. The number of aromatic nitrogens is 1. The predicted octanol–water partition coefficient (Wildman–Crippen LogP) is 2.75. The molecule has 0 spiro atoms. The van der Waals surface area contributed by atoms with Crippen LogP contribution in [-0.2, 0) is 0 Å². The van der Waals surface area contributed by atoms with Gasteiger partial charge < -0.3 is 10.8 Å². The number of aromatic carboxylic acids is 1. The molecule has 4 nitrogen and oxygen atoms in total. The number of benzene rings is 1. The summed E-state index contributed by atoms with van der Waals surface area (Å²) < 4.78 is 0. The Hall–Kier alpha value is -2.01. The number of nitrogens with two attached hydrogens (primary N) is 1. The summed E-state index contributed by atoms with van der Waals surface area (Å²) in [7, 11) is 0. The van der Waals surface area contributed by atoms with Crippen molar-refractivity contribution in [2.45, 2.75) is 4.90 Å². The molecule has 1 aromatic heterocycles. The van der Waals surface area contributed by atoms with E-state index in [2.05, 4.69) is 4.98 Å². The first kappa shape index (κ1) is 12.4. The first-order valence-electron chi connectivity index (χ1n) is 5.26. The molecule has 0 saturated heterocycles. The van der Waals surface area contributed by atoms with Crippen LogP contribution in [0.25, 0.3) is 11.1 Å². The number of carboxylic acid groups (broad SMARTS) is 1. The van der Waals surface area contributed by atoms with Crippen molar-refractivity contribution in [1.29, 1.82) is 0 Å². The minimum atomic E-state index is -1.08. The van der Waals surface area contributed by atoms with E-state index in [1.165, 1.54) is 0 Å². The van der Waals surface area contributed by atoms with Crippen LogP contribution in [0, 0.1) is 0 Å². The van der Waals surface area contributed by atoms with Gasteiger partial charge in [0.2, 0.25) is 0 Å². The van der Waals surface area contributed by atoms with Gasteiger partial charge in [-0.25, -0.2) is 9.78 Å². The fourth-order valence-electron chi connectivity index (χ4n) is 1.66. The van der Waals surface area contributed by atoms with Crippen LogP contribution in [0.1, 0.15) is 10.5 Å². The summed E-state index contributed by atoms with van der Waals surface area (Å²) in [6.07, 6.45) is 1.97. The van der Waals surface area contributed by atoms with Crippen molar-refractivity contribution in [3.63, 3.8) is 0 Å². The van der Waals surface area contributed by atoms with E-state index in [1.807, 2.05) is 30.5 Å². The Kier molecular flexibility index (Phi) is 3.53. The standard InChI is InChI=1S/C13H12N2O2S/c1-18-9-4-2-3-8(7-9)10-5-6-11(14)15-12(10)13(16)17/h2-7H,1H3,(H2,14,15)(H,16,17). The smallest absolute Gasteiger partial charge is 0.355 e. The third kappa shape index (κ3) is 2.46. The lowest BCUT2D eigenvalue weighted by molar-refractivity contribution is 0.0691. The summed E-state index contributed by atoms with van der Waals surface area (Å²) >= 11 is 1.60. The Labute approximate surface area is 109 Å². The van der Waals surface area contributed by atoms with Crippen molar-refractivity contribution in [3.8, 4) is 11.1 Å². The maximum atomic E-state index is 11.2. The van der Waals surface area contributed by atoms with E-state index < -0.39 is 5.97 Å². The van der Waals surface area contributed by atoms with Gasteiger partial charge in [0.25, 0.3) is 0 Å². The molecule has 0 fully saturated rings. The lowest BCUT2D eigenvalue weighted by atomic mass is 10.0. The highest BCUT2D eigenvalue weighted by Gasteiger charge is 2.14. The molecule has 0 atom stereocenters. The van der Waals surface area contributed by atoms with E-state index in [4.69, 9.17) is 10.8 Å². The summed E-state index contributed by atoms with van der Waals surface area (Å²) in [5.74, 6) is -0.871. The molecule has 0 bridgehead atoms. The van der Waals surface area contributed by atoms with E-state index in [9.17, 15) is 4.79 Å². The van der Waals surface area contributed by atoms with Crippen molar-refractivity contribution < 1.29 is 9.90 Å². The Morgan fingerprint density at radius 1 is 1.33 bits per heavy atom. The van der Waals surface area contributed by atoms with Crippen LogP contribution in [-0.4, -0.2) is 22.3 Å². The molecule has 0 unspecified atom stereocenters. The van der Waals surface area contributed by atoms with Gasteiger partial charge in [0.1, 0.15) is 5.82 Å². The molecular weight excluding hydrogens is 248 g/mol. The molecule has 0 radical (unpaired) electrons. The van der Waals surface area contributed by atoms with E-state index >= 15 is 0 Å². The fourth-order valence-corrected chi connectivity index (χ4v) is 2.12. The Balaban J connectivity index is 2.59. The van der Waals surface area contributed by atoms with Crippen molar-refractivity contribution in [3.05, 3.63) is 42.1 Å². The third-order valence-electron chi connectivity index (χ3n) is 2.50. The van der Waals surface area contributed by atoms with Gasteiger partial charge in [0.15, 0.2) is 5.69 Å². The number of thioether (sulfide) groups is 1. The average Bonchev–Trinajstić information content (AvgIpc) is 2.38. The second kappa shape index (κ2) is 5.10. The van der Waals surface area contributed by atoms with E-state index in [0.29, 0.717) is 5.56 Å². The van der Waals surface area contributed by atoms with Gasteiger partial charge >= 0.3 is 5.97 Å². The van der Waals surface area contributed by atoms with Crippen LogP contribution in [0.4, 0.5) is 5.82 Å². The molecule has 1 heterocycles. The number of carbonyl (C=O) groups is 1. The number of anilines is 1. The average molecular weight is 260 g/mol. The van der Waals surface area contributed by atoms with E-state index in [0.717, 1.165) is 10.5 Å². The Morgan fingerprint density at radius 3 is 2.78 bits per heavy atom. The second-order valence-electron chi connectivity index (χ2n) is 3.67. The lowest BCUT2D eigenvalue weighted by Gasteiger charge is -2.07. The van der Waals surface area contributed by atoms with Crippen molar-refractivity contribution in [2.24, 2.45) is 0 Å².